The van der Waals surface area contributed by atoms with Gasteiger partial charge in [0.05, 0.1) is 12.0 Å². The Morgan fingerprint density at radius 3 is 2.76 bits per heavy atom. The lowest BCUT2D eigenvalue weighted by Gasteiger charge is -2.36. The molecule has 1 saturated heterocycles. The molecule has 2 heterocycles. The van der Waals surface area contributed by atoms with Crippen molar-refractivity contribution in [1.29, 1.82) is 0 Å². The summed E-state index contributed by atoms with van der Waals surface area (Å²) in [5, 5.41) is 14.1. The molecule has 1 aromatic heterocycles. The van der Waals surface area contributed by atoms with Crippen molar-refractivity contribution in [3.05, 3.63) is 5.51 Å². The molecule has 2 fully saturated rings. The molecule has 2 amide bonds. The summed E-state index contributed by atoms with van der Waals surface area (Å²) >= 11 is 1.31. The van der Waals surface area contributed by atoms with Crippen molar-refractivity contribution in [3.63, 3.8) is 0 Å². The van der Waals surface area contributed by atoms with E-state index in [-0.39, 0.29) is 23.8 Å². The number of hydrogen-bond donors (Lipinski definition) is 2. The van der Waals surface area contributed by atoms with Crippen molar-refractivity contribution in [1.82, 2.24) is 20.4 Å². The number of piperidine rings is 1. The first-order chi connectivity index (χ1) is 12.1. The zero-order valence-corrected chi connectivity index (χ0v) is 15.6. The Labute approximate surface area is 152 Å². The van der Waals surface area contributed by atoms with E-state index in [0.29, 0.717) is 17.7 Å². The molecule has 3 rings (SSSR count). The number of rotatable bonds is 5. The van der Waals surface area contributed by atoms with E-state index in [9.17, 15) is 9.59 Å². The highest BCUT2D eigenvalue weighted by atomic mass is 32.1. The van der Waals surface area contributed by atoms with E-state index in [1.165, 1.54) is 30.6 Å². The fraction of sp³-hybridized carbons (Fsp3) is 0.765. The number of nitrogens with one attached hydrogen (secondary N) is 2. The van der Waals surface area contributed by atoms with Gasteiger partial charge in [-0.15, -0.1) is 10.2 Å². The maximum atomic E-state index is 12.6. The van der Waals surface area contributed by atoms with Crippen molar-refractivity contribution in [2.24, 2.45) is 5.92 Å². The van der Waals surface area contributed by atoms with Crippen LogP contribution in [0.1, 0.15) is 51.9 Å². The average Bonchev–Trinajstić information content (AvgIpc) is 3.15. The fourth-order valence-electron chi connectivity index (χ4n) is 3.74. The Hall–Kier alpha value is -1.54. The van der Waals surface area contributed by atoms with Crippen LogP contribution in [0.4, 0.5) is 5.13 Å². The molecule has 1 aromatic rings. The van der Waals surface area contributed by atoms with Crippen molar-refractivity contribution >= 4 is 28.3 Å². The van der Waals surface area contributed by atoms with E-state index in [2.05, 4.69) is 25.7 Å². The molecule has 0 aromatic carbocycles. The Balaban J connectivity index is 1.51. The SMILES string of the molecule is C[C@@H](C(=O)NC1CCCCC1)N1CCC[C@@H](C(=O)Nc2nncs2)C1. The van der Waals surface area contributed by atoms with E-state index in [4.69, 9.17) is 0 Å². The van der Waals surface area contributed by atoms with Crippen LogP contribution in [0, 0.1) is 5.92 Å². The summed E-state index contributed by atoms with van der Waals surface area (Å²) in [5.74, 6) is -0.0407. The van der Waals surface area contributed by atoms with Gasteiger partial charge in [0, 0.05) is 12.6 Å². The number of carbonyl (C=O) groups is 2. The van der Waals surface area contributed by atoms with Gasteiger partial charge < -0.3 is 10.6 Å². The molecule has 138 valence electrons. The highest BCUT2D eigenvalue weighted by Crippen LogP contribution is 2.22. The van der Waals surface area contributed by atoms with Gasteiger partial charge in [0.1, 0.15) is 5.51 Å². The molecule has 0 spiro atoms. The lowest BCUT2D eigenvalue weighted by Crippen LogP contribution is -2.52. The number of likely N-dealkylation sites (tertiary alicyclic amines) is 1. The monoisotopic (exact) mass is 365 g/mol. The highest BCUT2D eigenvalue weighted by molar-refractivity contribution is 7.13. The second-order valence-corrected chi connectivity index (χ2v) is 7.92. The Morgan fingerprint density at radius 2 is 2.04 bits per heavy atom. The zero-order valence-electron chi connectivity index (χ0n) is 14.7. The van der Waals surface area contributed by atoms with Crippen molar-refractivity contribution in [3.8, 4) is 0 Å². The molecule has 0 unspecified atom stereocenters. The number of amides is 2. The number of hydrogen-bond acceptors (Lipinski definition) is 6. The normalized spacial score (nSPS) is 23.8. The smallest absolute Gasteiger partial charge is 0.237 e. The van der Waals surface area contributed by atoms with Crippen LogP contribution in [-0.4, -0.2) is 52.1 Å². The number of aromatic nitrogens is 2. The van der Waals surface area contributed by atoms with Crippen LogP contribution >= 0.6 is 11.3 Å². The lowest BCUT2D eigenvalue weighted by molar-refractivity contribution is -0.129. The molecule has 0 radical (unpaired) electrons. The first kappa shape index (κ1) is 18.3. The minimum absolute atomic E-state index is 0.0265. The van der Waals surface area contributed by atoms with Crippen molar-refractivity contribution in [2.45, 2.75) is 64.0 Å². The molecule has 0 bridgehead atoms. The third-order valence-corrected chi connectivity index (χ3v) is 5.90. The molecular formula is C17H27N5O2S. The van der Waals surface area contributed by atoms with Crippen LogP contribution in [0.5, 0.6) is 0 Å². The van der Waals surface area contributed by atoms with Gasteiger partial charge in [-0.2, -0.15) is 0 Å². The van der Waals surface area contributed by atoms with Crippen LogP contribution in [0.2, 0.25) is 0 Å². The summed E-state index contributed by atoms with van der Waals surface area (Å²) in [7, 11) is 0. The van der Waals surface area contributed by atoms with Crippen LogP contribution in [-0.2, 0) is 9.59 Å². The number of anilines is 1. The maximum Gasteiger partial charge on any atom is 0.237 e. The highest BCUT2D eigenvalue weighted by Gasteiger charge is 2.31. The second kappa shape index (κ2) is 8.71. The summed E-state index contributed by atoms with van der Waals surface area (Å²) in [4.78, 5) is 27.1. The van der Waals surface area contributed by atoms with Gasteiger partial charge in [0.25, 0.3) is 0 Å². The Kier molecular flexibility index (Phi) is 6.36. The molecular weight excluding hydrogens is 338 g/mol. The fourth-order valence-corrected chi connectivity index (χ4v) is 4.19. The van der Waals surface area contributed by atoms with Crippen molar-refractivity contribution in [2.75, 3.05) is 18.4 Å². The second-order valence-electron chi connectivity index (χ2n) is 7.09. The molecule has 1 saturated carbocycles. The molecule has 2 aliphatic rings. The minimum Gasteiger partial charge on any atom is -0.352 e. The van der Waals surface area contributed by atoms with Crippen molar-refractivity contribution < 1.29 is 9.59 Å². The van der Waals surface area contributed by atoms with E-state index >= 15 is 0 Å². The first-order valence-electron chi connectivity index (χ1n) is 9.25. The average molecular weight is 366 g/mol. The zero-order chi connectivity index (χ0) is 17.6. The summed E-state index contributed by atoms with van der Waals surface area (Å²) < 4.78 is 0. The standard InChI is InChI=1S/C17H27N5O2S/c1-12(15(23)19-14-7-3-2-4-8-14)22-9-5-6-13(10-22)16(24)20-17-21-18-11-25-17/h11-14H,2-10H2,1H3,(H,19,23)(H,20,21,24)/t12-,13+/m0/s1. The first-order valence-corrected chi connectivity index (χ1v) is 10.1. The van der Waals surface area contributed by atoms with E-state index < -0.39 is 0 Å². The van der Waals surface area contributed by atoms with Gasteiger partial charge in [-0.1, -0.05) is 30.6 Å². The molecule has 7 nitrogen and oxygen atoms in total. The van der Waals surface area contributed by atoms with Gasteiger partial charge in [-0.25, -0.2) is 0 Å². The number of carbonyl (C=O) groups excluding carboxylic acids is 2. The summed E-state index contributed by atoms with van der Waals surface area (Å²) in [6, 6.07) is 0.129. The summed E-state index contributed by atoms with van der Waals surface area (Å²) in [6.07, 6.45) is 7.64. The predicted octanol–water partition coefficient (Wildman–Crippen LogP) is 2.03. The molecule has 2 atom stereocenters. The third-order valence-electron chi connectivity index (χ3n) is 5.29. The quantitative estimate of drug-likeness (QED) is 0.834. The van der Waals surface area contributed by atoms with E-state index in [1.807, 2.05) is 6.92 Å². The van der Waals surface area contributed by atoms with E-state index in [1.54, 1.807) is 5.51 Å². The largest absolute Gasteiger partial charge is 0.352 e. The Bertz CT molecular complexity index is 574. The van der Waals surface area contributed by atoms with Gasteiger partial charge in [-0.05, 0) is 39.2 Å². The Morgan fingerprint density at radius 1 is 1.24 bits per heavy atom. The van der Waals surface area contributed by atoms with Crippen LogP contribution in [0.15, 0.2) is 5.51 Å². The lowest BCUT2D eigenvalue weighted by atomic mass is 9.94. The van der Waals surface area contributed by atoms with Gasteiger partial charge >= 0.3 is 0 Å². The maximum absolute atomic E-state index is 12.6. The minimum atomic E-state index is -0.195. The topological polar surface area (TPSA) is 87.2 Å². The third kappa shape index (κ3) is 4.98. The van der Waals surface area contributed by atoms with E-state index in [0.717, 1.165) is 32.2 Å². The van der Waals surface area contributed by atoms with Crippen LogP contribution < -0.4 is 10.6 Å². The molecule has 1 aliphatic carbocycles. The molecule has 1 aliphatic heterocycles. The summed E-state index contributed by atoms with van der Waals surface area (Å²) in [6.45, 7) is 3.43. The van der Waals surface area contributed by atoms with Gasteiger partial charge in [-0.3, -0.25) is 14.5 Å². The van der Waals surface area contributed by atoms with Crippen LogP contribution in [0.3, 0.4) is 0 Å². The molecule has 25 heavy (non-hydrogen) atoms. The predicted molar refractivity (Wildman–Crippen MR) is 97.3 cm³/mol. The van der Waals surface area contributed by atoms with Crippen LogP contribution in [0.25, 0.3) is 0 Å². The van der Waals surface area contributed by atoms with Gasteiger partial charge in [0.2, 0.25) is 16.9 Å². The van der Waals surface area contributed by atoms with Gasteiger partial charge in [0.15, 0.2) is 0 Å². The molecule has 2 N–H and O–H groups in total. The number of nitrogens with zero attached hydrogens (tertiary/aromatic N) is 3. The summed E-state index contributed by atoms with van der Waals surface area (Å²) in [5.41, 5.74) is 1.60. The molecule has 8 heteroatoms.